The van der Waals surface area contributed by atoms with Gasteiger partial charge < -0.3 is 10.6 Å². The molecule has 1 saturated heterocycles. The topological polar surface area (TPSA) is 24.1 Å². The Balaban J connectivity index is 2.16. The van der Waals surface area contributed by atoms with E-state index in [0.29, 0.717) is 6.04 Å². The molecule has 1 aliphatic rings. The predicted molar refractivity (Wildman–Crippen MR) is 52.9 cm³/mol. The molecular formula is C9H10N2S. The molecule has 1 aliphatic heterocycles. The first-order valence-corrected chi connectivity index (χ1v) is 4.36. The highest BCUT2D eigenvalue weighted by Gasteiger charge is 2.17. The van der Waals surface area contributed by atoms with Crippen molar-refractivity contribution in [3.05, 3.63) is 35.9 Å². The van der Waals surface area contributed by atoms with Crippen LogP contribution in [-0.2, 0) is 0 Å². The minimum absolute atomic E-state index is 0.346. The number of hydrogen-bond acceptors (Lipinski definition) is 1. The number of benzene rings is 1. The smallest absolute Gasteiger partial charge is 0.166 e. The molecule has 0 amide bonds. The normalized spacial score (nSPS) is 21.7. The summed E-state index contributed by atoms with van der Waals surface area (Å²) in [7, 11) is 0. The fourth-order valence-corrected chi connectivity index (χ4v) is 1.57. The lowest BCUT2D eigenvalue weighted by atomic mass is 10.1. The van der Waals surface area contributed by atoms with Crippen LogP contribution in [-0.4, -0.2) is 11.7 Å². The second-order valence-electron chi connectivity index (χ2n) is 2.82. The van der Waals surface area contributed by atoms with E-state index in [2.05, 4.69) is 22.8 Å². The number of hydrogen-bond donors (Lipinski definition) is 2. The monoisotopic (exact) mass is 178 g/mol. The molecule has 2 N–H and O–H groups in total. The molecule has 1 fully saturated rings. The first-order chi connectivity index (χ1) is 5.86. The average molecular weight is 178 g/mol. The second-order valence-corrected chi connectivity index (χ2v) is 3.23. The highest BCUT2D eigenvalue weighted by molar-refractivity contribution is 7.80. The second kappa shape index (κ2) is 3.11. The van der Waals surface area contributed by atoms with Crippen LogP contribution in [0.25, 0.3) is 0 Å². The lowest BCUT2D eigenvalue weighted by molar-refractivity contribution is 0.707. The minimum atomic E-state index is 0.346. The van der Waals surface area contributed by atoms with Crippen LogP contribution in [0.4, 0.5) is 0 Å². The zero-order valence-electron chi connectivity index (χ0n) is 6.58. The van der Waals surface area contributed by atoms with E-state index in [0.717, 1.165) is 11.7 Å². The molecule has 0 bridgehead atoms. The summed E-state index contributed by atoms with van der Waals surface area (Å²) < 4.78 is 0. The fourth-order valence-electron chi connectivity index (χ4n) is 1.34. The van der Waals surface area contributed by atoms with Gasteiger partial charge in [0.2, 0.25) is 0 Å². The molecule has 0 radical (unpaired) electrons. The lowest BCUT2D eigenvalue weighted by Crippen LogP contribution is -2.21. The molecule has 0 saturated carbocycles. The van der Waals surface area contributed by atoms with Crippen LogP contribution in [0.15, 0.2) is 30.3 Å². The van der Waals surface area contributed by atoms with Gasteiger partial charge >= 0.3 is 0 Å². The van der Waals surface area contributed by atoms with Gasteiger partial charge in [0.25, 0.3) is 0 Å². The summed E-state index contributed by atoms with van der Waals surface area (Å²) in [6.45, 7) is 0.892. The van der Waals surface area contributed by atoms with Gasteiger partial charge in [0.15, 0.2) is 5.11 Å². The van der Waals surface area contributed by atoms with Gasteiger partial charge in [-0.1, -0.05) is 30.3 Å². The van der Waals surface area contributed by atoms with Gasteiger partial charge in [0.1, 0.15) is 0 Å². The summed E-state index contributed by atoms with van der Waals surface area (Å²) in [6, 6.07) is 10.7. The third-order valence-corrected chi connectivity index (χ3v) is 2.24. The molecule has 0 spiro atoms. The van der Waals surface area contributed by atoms with E-state index >= 15 is 0 Å². The van der Waals surface area contributed by atoms with Crippen molar-refractivity contribution in [3.63, 3.8) is 0 Å². The largest absolute Gasteiger partial charge is 0.360 e. The van der Waals surface area contributed by atoms with Crippen molar-refractivity contribution in [2.24, 2.45) is 0 Å². The third-order valence-electron chi connectivity index (χ3n) is 1.97. The van der Waals surface area contributed by atoms with E-state index in [1.807, 2.05) is 18.2 Å². The molecule has 2 nitrogen and oxygen atoms in total. The fraction of sp³-hybridized carbons (Fsp3) is 0.222. The summed E-state index contributed by atoms with van der Waals surface area (Å²) in [5, 5.41) is 7.03. The van der Waals surface area contributed by atoms with Crippen molar-refractivity contribution in [2.75, 3.05) is 6.54 Å². The van der Waals surface area contributed by atoms with E-state index < -0.39 is 0 Å². The van der Waals surface area contributed by atoms with Crippen molar-refractivity contribution in [1.29, 1.82) is 0 Å². The molecule has 1 aromatic carbocycles. The molecule has 0 aliphatic carbocycles. The van der Waals surface area contributed by atoms with Crippen LogP contribution in [0.1, 0.15) is 11.6 Å². The van der Waals surface area contributed by atoms with Crippen LogP contribution in [0, 0.1) is 0 Å². The lowest BCUT2D eigenvalue weighted by Gasteiger charge is -2.07. The standard InChI is InChI=1S/C9H10N2S/c12-9-10-6-8(11-9)7-4-2-1-3-5-7/h1-5,8H,6H2,(H2,10,11,12)/t8-/m0/s1. The Morgan fingerprint density at radius 2 is 2.00 bits per heavy atom. The maximum absolute atomic E-state index is 4.97. The predicted octanol–water partition coefficient (Wildman–Crippen LogP) is 1.21. The Bertz CT molecular complexity index is 284. The van der Waals surface area contributed by atoms with E-state index in [4.69, 9.17) is 12.2 Å². The highest BCUT2D eigenvalue weighted by atomic mass is 32.1. The van der Waals surface area contributed by atoms with E-state index in [1.165, 1.54) is 5.56 Å². The summed E-state index contributed by atoms with van der Waals surface area (Å²) in [5.41, 5.74) is 1.28. The van der Waals surface area contributed by atoms with E-state index in [9.17, 15) is 0 Å². The molecule has 62 valence electrons. The molecule has 1 heterocycles. The summed E-state index contributed by atoms with van der Waals surface area (Å²) in [6.07, 6.45) is 0. The van der Waals surface area contributed by atoms with Gasteiger partial charge in [-0.2, -0.15) is 0 Å². The number of thiocarbonyl (C=S) groups is 1. The van der Waals surface area contributed by atoms with Gasteiger partial charge in [-0.15, -0.1) is 0 Å². The zero-order chi connectivity index (χ0) is 8.39. The third kappa shape index (κ3) is 1.41. The molecular weight excluding hydrogens is 168 g/mol. The first-order valence-electron chi connectivity index (χ1n) is 3.95. The number of rotatable bonds is 1. The molecule has 1 aromatic rings. The van der Waals surface area contributed by atoms with Crippen LogP contribution >= 0.6 is 12.2 Å². The van der Waals surface area contributed by atoms with E-state index in [1.54, 1.807) is 0 Å². The highest BCUT2D eigenvalue weighted by Crippen LogP contribution is 2.13. The van der Waals surface area contributed by atoms with Gasteiger partial charge in [-0.3, -0.25) is 0 Å². The Morgan fingerprint density at radius 3 is 2.58 bits per heavy atom. The van der Waals surface area contributed by atoms with E-state index in [-0.39, 0.29) is 0 Å². The van der Waals surface area contributed by atoms with Crippen molar-refractivity contribution in [1.82, 2.24) is 10.6 Å². The molecule has 2 rings (SSSR count). The Hall–Kier alpha value is -1.09. The van der Waals surface area contributed by atoms with Crippen molar-refractivity contribution < 1.29 is 0 Å². The van der Waals surface area contributed by atoms with Crippen LogP contribution in [0.5, 0.6) is 0 Å². The Morgan fingerprint density at radius 1 is 1.25 bits per heavy atom. The molecule has 0 aromatic heterocycles. The number of nitrogens with one attached hydrogen (secondary N) is 2. The van der Waals surface area contributed by atoms with Crippen molar-refractivity contribution in [2.45, 2.75) is 6.04 Å². The van der Waals surface area contributed by atoms with Crippen LogP contribution in [0.3, 0.4) is 0 Å². The quantitative estimate of drug-likeness (QED) is 0.632. The molecule has 3 heteroatoms. The molecule has 12 heavy (non-hydrogen) atoms. The van der Waals surface area contributed by atoms with Crippen molar-refractivity contribution >= 4 is 17.3 Å². The van der Waals surface area contributed by atoms with Gasteiger partial charge in [0, 0.05) is 6.54 Å². The van der Waals surface area contributed by atoms with Gasteiger partial charge in [-0.25, -0.2) is 0 Å². The van der Waals surface area contributed by atoms with Crippen LogP contribution < -0.4 is 10.6 Å². The maximum atomic E-state index is 4.97. The Labute approximate surface area is 77.0 Å². The first kappa shape index (κ1) is 7.55. The SMILES string of the molecule is S=C1NC[C@@H](c2ccccc2)N1. The molecule has 0 unspecified atom stereocenters. The van der Waals surface area contributed by atoms with Crippen LogP contribution in [0.2, 0.25) is 0 Å². The summed E-state index contributed by atoms with van der Waals surface area (Å²) in [4.78, 5) is 0. The minimum Gasteiger partial charge on any atom is -0.360 e. The van der Waals surface area contributed by atoms with Crippen molar-refractivity contribution in [3.8, 4) is 0 Å². The average Bonchev–Trinajstić information content (AvgIpc) is 2.54. The maximum Gasteiger partial charge on any atom is 0.166 e. The van der Waals surface area contributed by atoms with Gasteiger partial charge in [0.05, 0.1) is 6.04 Å². The Kier molecular flexibility index (Phi) is 1.96. The summed E-state index contributed by atoms with van der Waals surface area (Å²) >= 11 is 4.97. The molecule has 1 atom stereocenters. The summed E-state index contributed by atoms with van der Waals surface area (Å²) in [5.74, 6) is 0. The zero-order valence-corrected chi connectivity index (χ0v) is 7.40. The van der Waals surface area contributed by atoms with Gasteiger partial charge in [-0.05, 0) is 17.8 Å².